The van der Waals surface area contributed by atoms with Crippen LogP contribution in [0.1, 0.15) is 20.3 Å². The summed E-state index contributed by atoms with van der Waals surface area (Å²) in [5, 5.41) is 0.102. The molecule has 78 valence electrons. The highest BCUT2D eigenvalue weighted by Crippen LogP contribution is 2.25. The maximum atomic E-state index is 11.3. The summed E-state index contributed by atoms with van der Waals surface area (Å²) in [6, 6.07) is 0. The summed E-state index contributed by atoms with van der Waals surface area (Å²) in [5.41, 5.74) is 0. The summed E-state index contributed by atoms with van der Waals surface area (Å²) in [5.74, 6) is 0.185. The Hall–Kier alpha value is -0.220. The molecule has 0 spiro atoms. The lowest BCUT2D eigenvalue weighted by atomic mass is 10.3. The van der Waals surface area contributed by atoms with Crippen LogP contribution in [0.15, 0.2) is 0 Å². The van der Waals surface area contributed by atoms with Gasteiger partial charge >= 0.3 is 0 Å². The molecule has 1 fully saturated rings. The van der Waals surface area contributed by atoms with Crippen molar-refractivity contribution in [3.05, 3.63) is 0 Å². The summed E-state index contributed by atoms with van der Waals surface area (Å²) in [4.78, 5) is 13.0. The van der Waals surface area contributed by atoms with Gasteiger partial charge in [-0.3, -0.25) is 4.79 Å². The van der Waals surface area contributed by atoms with Gasteiger partial charge in [0, 0.05) is 20.6 Å². The lowest BCUT2D eigenvalue weighted by Gasteiger charge is -2.16. The van der Waals surface area contributed by atoms with Crippen LogP contribution in [-0.4, -0.2) is 42.7 Å². The van der Waals surface area contributed by atoms with Crippen LogP contribution in [0.4, 0.5) is 0 Å². The number of likely N-dealkylation sites (tertiary alicyclic amines) is 1. The molecule has 13 heavy (non-hydrogen) atoms. The topological polar surface area (TPSA) is 29.5 Å². The van der Waals surface area contributed by atoms with Gasteiger partial charge in [-0.05, 0) is 6.26 Å². The Morgan fingerprint density at radius 2 is 2.08 bits per heavy atom. The first-order valence-electron chi connectivity index (χ1n) is 4.53. The molecule has 0 aromatic heterocycles. The van der Waals surface area contributed by atoms with Crippen LogP contribution >= 0.6 is 11.8 Å². The van der Waals surface area contributed by atoms with Gasteiger partial charge in [0.25, 0.3) is 0 Å². The number of hydrogen-bond acceptors (Lipinski definition) is 3. The third-order valence-corrected chi connectivity index (χ3v) is 2.99. The van der Waals surface area contributed by atoms with Crippen molar-refractivity contribution in [1.29, 1.82) is 0 Å². The largest absolute Gasteiger partial charge is 0.361 e. The Kier molecular flexibility index (Phi) is 6.16. The van der Waals surface area contributed by atoms with Gasteiger partial charge in [0.15, 0.2) is 0 Å². The van der Waals surface area contributed by atoms with E-state index in [-0.39, 0.29) is 17.4 Å². The second kappa shape index (κ2) is 6.27. The molecule has 0 aliphatic carbocycles. The average molecular weight is 205 g/mol. The molecule has 2 unspecified atom stereocenters. The zero-order valence-electron chi connectivity index (χ0n) is 9.03. The van der Waals surface area contributed by atoms with Gasteiger partial charge in [0.1, 0.15) is 6.23 Å². The lowest BCUT2D eigenvalue weighted by Crippen LogP contribution is -2.30. The molecule has 0 saturated carbocycles. The molecule has 1 amide bonds. The van der Waals surface area contributed by atoms with Crippen molar-refractivity contribution < 1.29 is 9.53 Å². The number of thioether (sulfide) groups is 1. The van der Waals surface area contributed by atoms with Crippen molar-refractivity contribution in [1.82, 2.24) is 4.90 Å². The first-order chi connectivity index (χ1) is 6.20. The highest BCUT2D eigenvalue weighted by atomic mass is 32.2. The maximum Gasteiger partial charge on any atom is 0.237 e. The number of carbonyl (C=O) groups is 1. The van der Waals surface area contributed by atoms with Crippen molar-refractivity contribution in [2.45, 2.75) is 31.7 Å². The van der Waals surface area contributed by atoms with Gasteiger partial charge in [-0.15, -0.1) is 0 Å². The zero-order chi connectivity index (χ0) is 10.4. The van der Waals surface area contributed by atoms with E-state index >= 15 is 0 Å². The fourth-order valence-corrected chi connectivity index (χ4v) is 1.99. The number of hydrogen-bond donors (Lipinski definition) is 0. The van der Waals surface area contributed by atoms with E-state index in [1.54, 1.807) is 30.8 Å². The Morgan fingerprint density at radius 3 is 2.31 bits per heavy atom. The SMILES string of the molecule is CC.COC1CC(SC)C(=O)N1C. The van der Waals surface area contributed by atoms with Crippen LogP contribution in [0.3, 0.4) is 0 Å². The van der Waals surface area contributed by atoms with Crippen molar-refractivity contribution in [3.63, 3.8) is 0 Å². The summed E-state index contributed by atoms with van der Waals surface area (Å²) in [6.07, 6.45) is 2.75. The Bertz CT molecular complexity index is 160. The number of methoxy groups -OCH3 is 1. The number of carbonyl (C=O) groups excluding carboxylic acids is 1. The van der Waals surface area contributed by atoms with Crippen LogP contribution in [0.5, 0.6) is 0 Å². The fourth-order valence-electron chi connectivity index (χ4n) is 1.26. The van der Waals surface area contributed by atoms with E-state index in [4.69, 9.17) is 4.74 Å². The molecule has 2 atom stereocenters. The Morgan fingerprint density at radius 1 is 1.54 bits per heavy atom. The minimum atomic E-state index is -0.0139. The van der Waals surface area contributed by atoms with Gasteiger partial charge in [-0.2, -0.15) is 11.8 Å². The van der Waals surface area contributed by atoms with Crippen molar-refractivity contribution >= 4 is 17.7 Å². The van der Waals surface area contributed by atoms with Crippen molar-refractivity contribution in [2.24, 2.45) is 0 Å². The van der Waals surface area contributed by atoms with Gasteiger partial charge < -0.3 is 9.64 Å². The molecule has 0 N–H and O–H groups in total. The monoisotopic (exact) mass is 205 g/mol. The predicted molar refractivity (Wildman–Crippen MR) is 56.8 cm³/mol. The van der Waals surface area contributed by atoms with Crippen LogP contribution in [0.2, 0.25) is 0 Å². The molecule has 1 aliphatic heterocycles. The molecule has 0 aromatic carbocycles. The zero-order valence-corrected chi connectivity index (χ0v) is 9.85. The van der Waals surface area contributed by atoms with Crippen molar-refractivity contribution in [2.75, 3.05) is 20.4 Å². The van der Waals surface area contributed by atoms with E-state index in [1.807, 2.05) is 20.1 Å². The summed E-state index contributed by atoms with van der Waals surface area (Å²) >= 11 is 1.59. The minimum absolute atomic E-state index is 0.0139. The van der Waals surface area contributed by atoms with Gasteiger partial charge in [-0.1, -0.05) is 13.8 Å². The summed E-state index contributed by atoms with van der Waals surface area (Å²) < 4.78 is 5.12. The predicted octanol–water partition coefficient (Wildman–Crippen LogP) is 1.58. The highest BCUT2D eigenvalue weighted by molar-refractivity contribution is 7.99. The second-order valence-corrected chi connectivity index (χ2v) is 3.64. The summed E-state index contributed by atoms with van der Waals surface area (Å²) in [6.45, 7) is 4.00. The van der Waals surface area contributed by atoms with Gasteiger partial charge in [0.2, 0.25) is 5.91 Å². The molecular weight excluding hydrogens is 186 g/mol. The average Bonchev–Trinajstić information content (AvgIpc) is 2.47. The maximum absolute atomic E-state index is 11.3. The highest BCUT2D eigenvalue weighted by Gasteiger charge is 2.36. The van der Waals surface area contributed by atoms with Crippen molar-refractivity contribution in [3.8, 4) is 0 Å². The standard InChI is InChI=1S/C7H13NO2S.C2H6/c1-8-6(10-2)4-5(11-3)7(8)9;1-2/h5-6H,4H2,1-3H3;1-2H3. The molecule has 0 bridgehead atoms. The third-order valence-electron chi connectivity index (χ3n) is 2.03. The molecule has 1 heterocycles. The quantitative estimate of drug-likeness (QED) is 0.685. The third kappa shape index (κ3) is 2.88. The Labute approximate surface area is 84.8 Å². The first kappa shape index (κ1) is 12.8. The van der Waals surface area contributed by atoms with Gasteiger partial charge in [-0.25, -0.2) is 0 Å². The van der Waals surface area contributed by atoms with E-state index in [0.29, 0.717) is 0 Å². The minimum Gasteiger partial charge on any atom is -0.361 e. The van der Waals surface area contributed by atoms with E-state index < -0.39 is 0 Å². The number of amides is 1. The van der Waals surface area contributed by atoms with E-state index in [0.717, 1.165) is 6.42 Å². The van der Waals surface area contributed by atoms with E-state index in [1.165, 1.54) is 0 Å². The molecular formula is C9H19NO2S. The normalized spacial score (nSPS) is 27.2. The smallest absolute Gasteiger partial charge is 0.237 e. The van der Waals surface area contributed by atoms with Crippen LogP contribution in [0.25, 0.3) is 0 Å². The van der Waals surface area contributed by atoms with Crippen LogP contribution in [0, 0.1) is 0 Å². The summed E-state index contributed by atoms with van der Waals surface area (Å²) in [7, 11) is 3.42. The van der Waals surface area contributed by atoms with Gasteiger partial charge in [0.05, 0.1) is 5.25 Å². The Balaban J connectivity index is 0.000000671. The second-order valence-electron chi connectivity index (χ2n) is 2.60. The lowest BCUT2D eigenvalue weighted by molar-refractivity contribution is -0.132. The van der Waals surface area contributed by atoms with E-state index in [9.17, 15) is 4.79 Å². The van der Waals surface area contributed by atoms with Crippen LogP contribution in [-0.2, 0) is 9.53 Å². The molecule has 1 saturated heterocycles. The van der Waals surface area contributed by atoms with E-state index in [2.05, 4.69) is 0 Å². The van der Waals surface area contributed by atoms with Crippen LogP contribution < -0.4 is 0 Å². The number of nitrogens with zero attached hydrogens (tertiary/aromatic N) is 1. The number of ether oxygens (including phenoxy) is 1. The fraction of sp³-hybridized carbons (Fsp3) is 0.889. The molecule has 3 nitrogen and oxygen atoms in total. The number of rotatable bonds is 2. The molecule has 0 aromatic rings. The molecule has 1 rings (SSSR count). The molecule has 4 heteroatoms. The molecule has 0 radical (unpaired) electrons. The first-order valence-corrected chi connectivity index (χ1v) is 5.81. The molecule has 1 aliphatic rings.